The van der Waals surface area contributed by atoms with Crippen LogP contribution in [0, 0.1) is 0 Å². The van der Waals surface area contributed by atoms with Gasteiger partial charge in [-0.3, -0.25) is 9.59 Å². The molecule has 0 bridgehead atoms. The first-order chi connectivity index (χ1) is 15.3. The molecule has 3 aromatic rings. The molecule has 0 aliphatic carbocycles. The Morgan fingerprint density at radius 1 is 0.938 bits per heavy atom. The first-order valence-corrected chi connectivity index (χ1v) is 11.3. The number of anilines is 1. The number of nitrogens with zero attached hydrogens (tertiary/aromatic N) is 1. The van der Waals surface area contributed by atoms with E-state index in [2.05, 4.69) is 5.32 Å². The molecule has 0 heterocycles. The second-order valence-corrected chi connectivity index (χ2v) is 9.24. The number of hydrogen-bond donors (Lipinski definition) is 1. The van der Waals surface area contributed by atoms with Crippen LogP contribution in [-0.4, -0.2) is 38.1 Å². The molecule has 1 amide bonds. The van der Waals surface area contributed by atoms with Crippen LogP contribution in [0.5, 0.6) is 5.75 Å². The minimum Gasteiger partial charge on any atom is -0.484 e. The molecule has 166 valence electrons. The van der Waals surface area contributed by atoms with Gasteiger partial charge in [-0.2, -0.15) is 4.31 Å². The molecular formula is C24H24N2O5S. The molecule has 1 N–H and O–H groups in total. The van der Waals surface area contributed by atoms with E-state index < -0.39 is 15.9 Å². The van der Waals surface area contributed by atoms with Crippen molar-refractivity contribution >= 4 is 27.4 Å². The molecular weight excluding hydrogens is 428 g/mol. The fraction of sp³-hybridized carbons (Fsp3) is 0.167. The fourth-order valence-corrected chi connectivity index (χ4v) is 4.13. The second-order valence-electron chi connectivity index (χ2n) is 7.19. The Hall–Kier alpha value is -3.49. The molecule has 0 unspecified atom stereocenters. The lowest BCUT2D eigenvalue weighted by Gasteiger charge is -2.17. The van der Waals surface area contributed by atoms with Crippen LogP contribution < -0.4 is 10.1 Å². The van der Waals surface area contributed by atoms with Gasteiger partial charge in [-0.1, -0.05) is 42.5 Å². The third kappa shape index (κ3) is 6.03. The zero-order valence-corrected chi connectivity index (χ0v) is 18.6. The highest BCUT2D eigenvalue weighted by Crippen LogP contribution is 2.20. The molecule has 8 heteroatoms. The minimum absolute atomic E-state index is 0.0956. The van der Waals surface area contributed by atoms with Crippen molar-refractivity contribution in [2.45, 2.75) is 18.4 Å². The Bertz CT molecular complexity index is 1190. The predicted molar refractivity (Wildman–Crippen MR) is 122 cm³/mol. The molecule has 7 nitrogen and oxygen atoms in total. The highest BCUT2D eigenvalue weighted by molar-refractivity contribution is 7.89. The number of carbonyl (C=O) groups is 2. The third-order valence-electron chi connectivity index (χ3n) is 4.70. The number of Topliss-reactive ketones (excluding diaryl/α,β-unsaturated/α-hetero) is 1. The summed E-state index contributed by atoms with van der Waals surface area (Å²) in [6, 6.07) is 21.8. The lowest BCUT2D eigenvalue weighted by Crippen LogP contribution is -2.26. The van der Waals surface area contributed by atoms with Gasteiger partial charge in [0.25, 0.3) is 5.91 Å². The first kappa shape index (κ1) is 23.2. The number of amides is 1. The number of carbonyl (C=O) groups excluding carboxylic acids is 2. The molecule has 0 fully saturated rings. The summed E-state index contributed by atoms with van der Waals surface area (Å²) in [5, 5.41) is 2.66. The maximum absolute atomic E-state index is 12.8. The number of rotatable bonds is 9. The van der Waals surface area contributed by atoms with Gasteiger partial charge >= 0.3 is 0 Å². The molecule has 0 aliphatic rings. The molecule has 3 aromatic carbocycles. The van der Waals surface area contributed by atoms with Crippen LogP contribution in [0.15, 0.2) is 83.8 Å². The van der Waals surface area contributed by atoms with Crippen LogP contribution in [-0.2, 0) is 21.4 Å². The van der Waals surface area contributed by atoms with E-state index in [-0.39, 0.29) is 23.8 Å². The van der Waals surface area contributed by atoms with Gasteiger partial charge < -0.3 is 10.1 Å². The van der Waals surface area contributed by atoms with Crippen LogP contribution in [0.2, 0.25) is 0 Å². The van der Waals surface area contributed by atoms with Crippen molar-refractivity contribution in [2.24, 2.45) is 0 Å². The van der Waals surface area contributed by atoms with Crippen molar-refractivity contribution < 1.29 is 22.7 Å². The maximum atomic E-state index is 12.8. The number of ether oxygens (including phenoxy) is 1. The monoisotopic (exact) mass is 452 g/mol. The smallest absolute Gasteiger partial charge is 0.262 e. The normalized spacial score (nSPS) is 11.2. The molecule has 0 spiro atoms. The average molecular weight is 453 g/mol. The Balaban J connectivity index is 1.57. The summed E-state index contributed by atoms with van der Waals surface area (Å²) >= 11 is 0. The number of ketones is 1. The van der Waals surface area contributed by atoms with Crippen LogP contribution >= 0.6 is 0 Å². The zero-order valence-electron chi connectivity index (χ0n) is 17.8. The summed E-state index contributed by atoms with van der Waals surface area (Å²) in [5.41, 5.74) is 1.88. The number of hydrogen-bond acceptors (Lipinski definition) is 5. The van der Waals surface area contributed by atoms with Crippen LogP contribution in [0.1, 0.15) is 22.8 Å². The van der Waals surface area contributed by atoms with E-state index in [0.29, 0.717) is 17.0 Å². The SMILES string of the molecule is CC(=O)c1cccc(NC(=O)COc2ccc(S(=O)(=O)N(C)Cc3ccccc3)cc2)c1. The summed E-state index contributed by atoms with van der Waals surface area (Å²) in [6.07, 6.45) is 0. The summed E-state index contributed by atoms with van der Waals surface area (Å²) in [7, 11) is -2.14. The van der Waals surface area contributed by atoms with E-state index in [1.54, 1.807) is 24.3 Å². The fourth-order valence-electron chi connectivity index (χ4n) is 2.98. The highest BCUT2D eigenvalue weighted by Gasteiger charge is 2.21. The van der Waals surface area contributed by atoms with Crippen LogP contribution in [0.3, 0.4) is 0 Å². The van der Waals surface area contributed by atoms with E-state index in [0.717, 1.165) is 5.56 Å². The van der Waals surface area contributed by atoms with Gasteiger partial charge in [0.2, 0.25) is 10.0 Å². The zero-order chi connectivity index (χ0) is 23.1. The van der Waals surface area contributed by atoms with Crippen molar-refractivity contribution in [2.75, 3.05) is 19.0 Å². The second kappa shape index (κ2) is 10.2. The van der Waals surface area contributed by atoms with Gasteiger partial charge in [-0.15, -0.1) is 0 Å². The molecule has 0 saturated carbocycles. The number of nitrogens with one attached hydrogen (secondary N) is 1. The van der Waals surface area contributed by atoms with E-state index in [1.807, 2.05) is 30.3 Å². The molecule has 0 aliphatic heterocycles. The van der Waals surface area contributed by atoms with Gasteiger partial charge in [-0.25, -0.2) is 8.42 Å². The van der Waals surface area contributed by atoms with Crippen LogP contribution in [0.25, 0.3) is 0 Å². The summed E-state index contributed by atoms with van der Waals surface area (Å²) in [4.78, 5) is 23.7. The van der Waals surface area contributed by atoms with Crippen molar-refractivity contribution in [1.29, 1.82) is 0 Å². The lowest BCUT2D eigenvalue weighted by molar-refractivity contribution is -0.118. The topological polar surface area (TPSA) is 92.8 Å². The highest BCUT2D eigenvalue weighted by atomic mass is 32.2. The third-order valence-corrected chi connectivity index (χ3v) is 6.52. The largest absolute Gasteiger partial charge is 0.484 e. The first-order valence-electron chi connectivity index (χ1n) is 9.90. The summed E-state index contributed by atoms with van der Waals surface area (Å²) < 4.78 is 32.3. The van der Waals surface area contributed by atoms with Gasteiger partial charge in [0.15, 0.2) is 12.4 Å². The molecule has 0 radical (unpaired) electrons. The molecule has 0 atom stereocenters. The number of sulfonamides is 1. The van der Waals surface area contributed by atoms with Gasteiger partial charge in [0.05, 0.1) is 4.90 Å². The van der Waals surface area contributed by atoms with Gasteiger partial charge in [0.1, 0.15) is 5.75 Å². The average Bonchev–Trinajstić information content (AvgIpc) is 2.79. The van der Waals surface area contributed by atoms with Crippen molar-refractivity contribution in [3.05, 3.63) is 90.0 Å². The summed E-state index contributed by atoms with van der Waals surface area (Å²) in [6.45, 7) is 1.45. The Labute approximate surface area is 187 Å². The molecule has 0 saturated heterocycles. The number of benzene rings is 3. The van der Waals surface area contributed by atoms with Gasteiger partial charge in [-0.05, 0) is 48.9 Å². The molecule has 3 rings (SSSR count). The maximum Gasteiger partial charge on any atom is 0.262 e. The lowest BCUT2D eigenvalue weighted by atomic mass is 10.1. The molecule has 0 aromatic heterocycles. The van der Waals surface area contributed by atoms with Gasteiger partial charge in [0, 0.05) is 24.8 Å². The van der Waals surface area contributed by atoms with E-state index in [4.69, 9.17) is 4.74 Å². The van der Waals surface area contributed by atoms with Crippen molar-refractivity contribution in [3.8, 4) is 5.75 Å². The van der Waals surface area contributed by atoms with E-state index in [1.165, 1.54) is 42.5 Å². The summed E-state index contributed by atoms with van der Waals surface area (Å²) in [5.74, 6) is -0.130. The quantitative estimate of drug-likeness (QED) is 0.500. The van der Waals surface area contributed by atoms with Crippen molar-refractivity contribution in [3.63, 3.8) is 0 Å². The minimum atomic E-state index is -3.67. The standard InChI is InChI=1S/C24H24N2O5S/c1-18(27)20-9-6-10-21(15-20)25-24(28)17-31-22-11-13-23(14-12-22)32(29,30)26(2)16-19-7-4-3-5-8-19/h3-15H,16-17H2,1-2H3,(H,25,28). The van der Waals surface area contributed by atoms with Crippen molar-refractivity contribution in [1.82, 2.24) is 4.31 Å². The van der Waals surface area contributed by atoms with E-state index >= 15 is 0 Å². The Morgan fingerprint density at radius 3 is 2.28 bits per heavy atom. The molecule has 32 heavy (non-hydrogen) atoms. The predicted octanol–water partition coefficient (Wildman–Crippen LogP) is 3.73. The Kier molecular flexibility index (Phi) is 7.40. The Morgan fingerprint density at radius 2 is 1.62 bits per heavy atom. The van der Waals surface area contributed by atoms with E-state index in [9.17, 15) is 18.0 Å². The van der Waals surface area contributed by atoms with Crippen LogP contribution in [0.4, 0.5) is 5.69 Å².